The van der Waals surface area contributed by atoms with E-state index in [0.29, 0.717) is 6.54 Å². The molecule has 0 radical (unpaired) electrons. The van der Waals surface area contributed by atoms with E-state index < -0.39 is 0 Å². The van der Waals surface area contributed by atoms with E-state index in [9.17, 15) is 4.79 Å². The molecule has 1 aliphatic heterocycles. The van der Waals surface area contributed by atoms with Crippen molar-refractivity contribution in [1.29, 1.82) is 0 Å². The Labute approximate surface area is 220 Å². The van der Waals surface area contributed by atoms with Crippen LogP contribution in [0.3, 0.4) is 0 Å². The van der Waals surface area contributed by atoms with Gasteiger partial charge in [0.2, 0.25) is 5.91 Å². The summed E-state index contributed by atoms with van der Waals surface area (Å²) in [4.78, 5) is 20.0. The molecule has 1 amide bonds. The molecule has 5 aromatic rings. The first-order chi connectivity index (χ1) is 18.1. The fourth-order valence-electron chi connectivity index (χ4n) is 4.75. The fourth-order valence-corrected chi connectivity index (χ4v) is 5.82. The van der Waals surface area contributed by atoms with Crippen molar-refractivity contribution in [3.63, 3.8) is 0 Å². The van der Waals surface area contributed by atoms with Gasteiger partial charge in [-0.15, -0.1) is 21.5 Å². The Morgan fingerprint density at radius 2 is 1.78 bits per heavy atom. The lowest BCUT2D eigenvalue weighted by Gasteiger charge is -2.32. The number of rotatable bonds is 5. The van der Waals surface area contributed by atoms with Crippen molar-refractivity contribution in [2.45, 2.75) is 19.8 Å². The quantitative estimate of drug-likeness (QED) is 0.292. The highest BCUT2D eigenvalue weighted by Crippen LogP contribution is 2.31. The van der Waals surface area contributed by atoms with E-state index in [1.807, 2.05) is 66.7 Å². The number of fused-ring (bicyclic) bond motifs is 1. The number of thiazole rings is 1. The second-order valence-corrected chi connectivity index (χ2v) is 10.5. The number of piperidine rings is 1. The smallest absolute Gasteiger partial charge is 0.229 e. The molecule has 0 bridgehead atoms. The van der Waals surface area contributed by atoms with E-state index in [1.54, 1.807) is 11.3 Å². The van der Waals surface area contributed by atoms with Gasteiger partial charge in [0.05, 0.1) is 21.8 Å². The van der Waals surface area contributed by atoms with Crippen LogP contribution in [0.2, 0.25) is 0 Å². The zero-order valence-corrected chi connectivity index (χ0v) is 21.4. The maximum absolute atomic E-state index is 13.1. The summed E-state index contributed by atoms with van der Waals surface area (Å²) in [5.74, 6) is 0.755. The van der Waals surface area contributed by atoms with Crippen molar-refractivity contribution >= 4 is 39.0 Å². The van der Waals surface area contributed by atoms with Gasteiger partial charge in [-0.2, -0.15) is 0 Å². The molecule has 6 rings (SSSR count). The highest BCUT2D eigenvalue weighted by molar-refractivity contribution is 7.21. The predicted octanol–water partition coefficient (Wildman–Crippen LogP) is 6.58. The van der Waals surface area contributed by atoms with Crippen LogP contribution in [0.25, 0.3) is 32.0 Å². The Morgan fingerprint density at radius 3 is 2.57 bits per heavy atom. The van der Waals surface area contributed by atoms with Gasteiger partial charge in [-0.25, -0.2) is 4.98 Å². The number of nitrogens with zero attached hydrogens (tertiary/aromatic N) is 4. The van der Waals surface area contributed by atoms with Crippen LogP contribution < -0.4 is 10.2 Å². The van der Waals surface area contributed by atoms with E-state index in [2.05, 4.69) is 45.5 Å². The molecular formula is C30H27N5OS. The first kappa shape index (κ1) is 23.3. The second-order valence-electron chi connectivity index (χ2n) is 9.48. The molecule has 1 N–H and O–H groups in total. The van der Waals surface area contributed by atoms with Crippen LogP contribution in [-0.2, 0) is 4.79 Å². The van der Waals surface area contributed by atoms with Crippen LogP contribution in [0, 0.1) is 12.8 Å². The lowest BCUT2D eigenvalue weighted by atomic mass is 9.97. The maximum Gasteiger partial charge on any atom is 0.229 e. The van der Waals surface area contributed by atoms with Crippen LogP contribution in [0.4, 0.5) is 11.5 Å². The molecule has 1 fully saturated rings. The third-order valence-corrected chi connectivity index (χ3v) is 7.85. The molecule has 2 aromatic heterocycles. The van der Waals surface area contributed by atoms with Gasteiger partial charge in [-0.05, 0) is 73.9 Å². The summed E-state index contributed by atoms with van der Waals surface area (Å²) < 4.78 is 1.19. The average Bonchev–Trinajstić information content (AvgIpc) is 3.37. The Morgan fingerprint density at radius 1 is 0.946 bits per heavy atom. The Kier molecular flexibility index (Phi) is 6.37. The second kappa shape index (κ2) is 10.1. The number of amides is 1. The summed E-state index contributed by atoms with van der Waals surface area (Å²) in [6, 6.07) is 28.3. The minimum atomic E-state index is -0.100. The SMILES string of the molecule is Cc1ccc2nc(-c3ccc(NC(=O)C4CCCN(c5ccc(-c6ccccc6)nn5)C4)cc3)sc2c1. The third kappa shape index (κ3) is 5.08. The first-order valence-corrected chi connectivity index (χ1v) is 13.4. The van der Waals surface area contributed by atoms with Gasteiger partial charge >= 0.3 is 0 Å². The van der Waals surface area contributed by atoms with E-state index in [1.165, 1.54) is 10.3 Å². The zero-order chi connectivity index (χ0) is 25.2. The summed E-state index contributed by atoms with van der Waals surface area (Å²) in [5.41, 5.74) is 6.00. The molecule has 7 heteroatoms. The molecule has 1 atom stereocenters. The highest BCUT2D eigenvalue weighted by Gasteiger charge is 2.27. The average molecular weight is 506 g/mol. The summed E-state index contributed by atoms with van der Waals surface area (Å²) in [6.07, 6.45) is 1.80. The molecule has 37 heavy (non-hydrogen) atoms. The number of aryl methyl sites for hydroxylation is 1. The van der Waals surface area contributed by atoms with Crippen LogP contribution >= 0.6 is 11.3 Å². The van der Waals surface area contributed by atoms with E-state index in [-0.39, 0.29) is 11.8 Å². The number of carbonyl (C=O) groups excluding carboxylic acids is 1. The van der Waals surface area contributed by atoms with E-state index in [0.717, 1.165) is 58.2 Å². The van der Waals surface area contributed by atoms with E-state index >= 15 is 0 Å². The van der Waals surface area contributed by atoms with Gasteiger partial charge in [0.1, 0.15) is 5.01 Å². The molecule has 1 unspecified atom stereocenters. The first-order valence-electron chi connectivity index (χ1n) is 12.5. The maximum atomic E-state index is 13.1. The van der Waals surface area contributed by atoms with Gasteiger partial charge < -0.3 is 10.2 Å². The van der Waals surface area contributed by atoms with Gasteiger partial charge in [-0.3, -0.25) is 4.79 Å². The molecule has 6 nitrogen and oxygen atoms in total. The summed E-state index contributed by atoms with van der Waals surface area (Å²) in [5, 5.41) is 13.0. The van der Waals surface area contributed by atoms with Crippen molar-refractivity contribution in [1.82, 2.24) is 15.2 Å². The number of nitrogens with one attached hydrogen (secondary N) is 1. The molecule has 1 saturated heterocycles. The van der Waals surface area contributed by atoms with E-state index in [4.69, 9.17) is 4.98 Å². The van der Waals surface area contributed by atoms with Gasteiger partial charge in [0, 0.05) is 29.9 Å². The predicted molar refractivity (Wildman–Crippen MR) is 151 cm³/mol. The van der Waals surface area contributed by atoms with Crippen molar-refractivity contribution in [2.24, 2.45) is 5.92 Å². The van der Waals surface area contributed by atoms with Crippen molar-refractivity contribution in [3.8, 4) is 21.8 Å². The molecular weight excluding hydrogens is 478 g/mol. The highest BCUT2D eigenvalue weighted by atomic mass is 32.1. The topological polar surface area (TPSA) is 71.0 Å². The summed E-state index contributed by atoms with van der Waals surface area (Å²) >= 11 is 1.69. The van der Waals surface area contributed by atoms with Crippen LogP contribution in [0.15, 0.2) is 84.9 Å². The number of benzene rings is 3. The lowest BCUT2D eigenvalue weighted by Crippen LogP contribution is -2.41. The summed E-state index contributed by atoms with van der Waals surface area (Å²) in [6.45, 7) is 3.60. The Hall–Kier alpha value is -4.10. The Bertz CT molecular complexity index is 1530. The van der Waals surface area contributed by atoms with Crippen molar-refractivity contribution < 1.29 is 4.79 Å². The number of carbonyl (C=O) groups is 1. The minimum Gasteiger partial charge on any atom is -0.354 e. The van der Waals surface area contributed by atoms with Crippen molar-refractivity contribution in [2.75, 3.05) is 23.3 Å². The zero-order valence-electron chi connectivity index (χ0n) is 20.6. The minimum absolute atomic E-state index is 0.0433. The Balaban J connectivity index is 1.10. The number of aromatic nitrogens is 3. The van der Waals surface area contributed by atoms with Gasteiger partial charge in [0.15, 0.2) is 5.82 Å². The standard InChI is InChI=1S/C30H27N5OS/c1-20-9-14-26-27(18-20)37-30(32-26)22-10-12-24(13-11-22)31-29(36)23-8-5-17-35(19-23)28-16-15-25(33-34-28)21-6-3-2-4-7-21/h2-4,6-7,9-16,18,23H,5,8,17,19H2,1H3,(H,31,36). The molecule has 0 spiro atoms. The summed E-state index contributed by atoms with van der Waals surface area (Å²) in [7, 11) is 0. The number of hydrogen-bond acceptors (Lipinski definition) is 6. The molecule has 3 heterocycles. The molecule has 1 aliphatic rings. The van der Waals surface area contributed by atoms with Crippen LogP contribution in [-0.4, -0.2) is 34.2 Å². The molecule has 3 aromatic carbocycles. The molecule has 184 valence electrons. The normalized spacial score (nSPS) is 15.6. The molecule has 0 saturated carbocycles. The number of anilines is 2. The van der Waals surface area contributed by atoms with Crippen molar-refractivity contribution in [3.05, 3.63) is 90.5 Å². The lowest BCUT2D eigenvalue weighted by molar-refractivity contribution is -0.120. The fraction of sp³-hybridized carbons (Fsp3) is 0.200. The number of hydrogen-bond donors (Lipinski definition) is 1. The van der Waals surface area contributed by atoms with Crippen LogP contribution in [0.1, 0.15) is 18.4 Å². The third-order valence-electron chi connectivity index (χ3n) is 6.78. The molecule has 0 aliphatic carbocycles. The van der Waals surface area contributed by atoms with Gasteiger partial charge in [0.25, 0.3) is 0 Å². The largest absolute Gasteiger partial charge is 0.354 e. The van der Waals surface area contributed by atoms with Gasteiger partial charge in [-0.1, -0.05) is 36.4 Å². The van der Waals surface area contributed by atoms with Crippen LogP contribution in [0.5, 0.6) is 0 Å². The monoisotopic (exact) mass is 505 g/mol.